The van der Waals surface area contributed by atoms with E-state index >= 15 is 0 Å². The summed E-state index contributed by atoms with van der Waals surface area (Å²) in [6, 6.07) is 73.2. The highest BCUT2D eigenvalue weighted by molar-refractivity contribution is 5.86. The van der Waals surface area contributed by atoms with Crippen molar-refractivity contribution in [1.82, 2.24) is 29.3 Å². The molecular weight excluding hydrogens is 1400 g/mol. The predicted molar refractivity (Wildman–Crippen MR) is 458 cm³/mol. The van der Waals surface area contributed by atoms with Gasteiger partial charge in [0.2, 0.25) is 0 Å². The molecule has 3 aliphatic rings. The lowest BCUT2D eigenvalue weighted by molar-refractivity contribution is -0.132. The van der Waals surface area contributed by atoms with E-state index in [2.05, 4.69) is 282 Å². The number of aryl methyl sites for hydroxylation is 4. The first kappa shape index (κ1) is 78.8. The Kier molecular flexibility index (Phi) is 24.6. The molecule has 15 heteroatoms. The van der Waals surface area contributed by atoms with E-state index in [0.29, 0.717) is 23.9 Å². The molecule has 6 atom stereocenters. The Bertz CT molecular complexity index is 5380. The molecule has 0 radical (unpaired) electrons. The van der Waals surface area contributed by atoms with Crippen LogP contribution in [0.25, 0.3) is 51.6 Å². The van der Waals surface area contributed by atoms with Crippen LogP contribution in [0, 0.1) is 5.92 Å². The zero-order valence-electron chi connectivity index (χ0n) is 66.6. The maximum absolute atomic E-state index is 11.0. The molecule has 113 heavy (non-hydrogen) atoms. The van der Waals surface area contributed by atoms with E-state index in [4.69, 9.17) is 15.3 Å². The van der Waals surface area contributed by atoms with E-state index in [1.165, 1.54) is 119 Å². The van der Waals surface area contributed by atoms with E-state index in [0.717, 1.165) is 78.6 Å². The maximum atomic E-state index is 11.0. The summed E-state index contributed by atoms with van der Waals surface area (Å²) < 4.78 is 5.76. The van der Waals surface area contributed by atoms with Crippen molar-refractivity contribution in [2.24, 2.45) is 13.0 Å². The quantitative estimate of drug-likeness (QED) is 0.0582. The second-order valence-corrected chi connectivity index (χ2v) is 30.9. The van der Waals surface area contributed by atoms with E-state index in [9.17, 15) is 14.4 Å². The number of hydrogen-bond donors (Lipinski definition) is 3. The monoisotopic (exact) mass is 1500 g/mol. The van der Waals surface area contributed by atoms with Crippen LogP contribution < -0.4 is 14.7 Å². The van der Waals surface area contributed by atoms with Crippen molar-refractivity contribution in [3.05, 3.63) is 339 Å². The summed E-state index contributed by atoms with van der Waals surface area (Å²) in [5.74, 6) is -1.72. The van der Waals surface area contributed by atoms with Gasteiger partial charge in [-0.2, -0.15) is 15.3 Å². The number of carboxylic acids is 3. The van der Waals surface area contributed by atoms with Gasteiger partial charge >= 0.3 is 17.9 Å². The summed E-state index contributed by atoms with van der Waals surface area (Å²) in [4.78, 5) is 40.5. The predicted octanol–water partition coefficient (Wildman–Crippen LogP) is 21.0. The normalized spacial score (nSPS) is 17.2. The van der Waals surface area contributed by atoms with Crippen LogP contribution in [0.3, 0.4) is 0 Å². The molecule has 0 saturated carbocycles. The van der Waals surface area contributed by atoms with Crippen LogP contribution in [0.15, 0.2) is 256 Å². The molecule has 576 valence electrons. The zero-order chi connectivity index (χ0) is 79.6. The SMILES string of the molecule is CC(C)c1ccc(N2C(C)Cc3cc(-c4cnn(C)c4)ccc3C2c2ccc(/C=C/C(=O)O)cc2)cc1.CCc1ccc(N2C(C)Cc3cc(-c4cnn(CC)c4)ccc3C2c2ccc(/C=C/C(=O)O)cc2)cc1.CCn1cc(-c2ccc3c(c2)CC(C)N(c2ccc(CC(C)C)cc2)C3c2ccc(/C=C/C(=O)O)cc2)cn1. The molecule has 9 aromatic carbocycles. The number of fused-ring (bicyclic) bond motifs is 3. The number of nitrogens with zero attached hydrogens (tertiary/aromatic N) is 9. The van der Waals surface area contributed by atoms with Gasteiger partial charge in [-0.05, 0) is 233 Å². The topological polar surface area (TPSA) is 175 Å². The molecule has 0 aliphatic carbocycles. The smallest absolute Gasteiger partial charge is 0.328 e. The van der Waals surface area contributed by atoms with Crippen LogP contribution in [0.2, 0.25) is 0 Å². The molecule has 3 aliphatic heterocycles. The van der Waals surface area contributed by atoms with Gasteiger partial charge in [-0.15, -0.1) is 0 Å². The average molecular weight is 1500 g/mol. The Labute approximate surface area is 665 Å². The zero-order valence-corrected chi connectivity index (χ0v) is 66.6. The summed E-state index contributed by atoms with van der Waals surface area (Å²) in [7, 11) is 1.94. The summed E-state index contributed by atoms with van der Waals surface area (Å²) in [5.41, 5.74) is 28.8. The summed E-state index contributed by atoms with van der Waals surface area (Å²) >= 11 is 0. The number of aromatic nitrogens is 6. The second-order valence-electron chi connectivity index (χ2n) is 30.9. The fraction of sp³-hybridized carbons (Fsp3) is 0.265. The van der Waals surface area contributed by atoms with Gasteiger partial charge in [-0.25, -0.2) is 14.4 Å². The lowest BCUT2D eigenvalue weighted by atomic mass is 9.83. The van der Waals surface area contributed by atoms with Crippen LogP contribution in [-0.4, -0.2) is 80.7 Å². The van der Waals surface area contributed by atoms with Gasteiger partial charge in [0, 0.05) is 109 Å². The number of anilines is 3. The van der Waals surface area contributed by atoms with Crippen molar-refractivity contribution < 1.29 is 29.7 Å². The lowest BCUT2D eigenvalue weighted by Crippen LogP contribution is -2.42. The van der Waals surface area contributed by atoms with Crippen LogP contribution in [0.4, 0.5) is 17.1 Å². The van der Waals surface area contributed by atoms with Gasteiger partial charge in [0.05, 0.1) is 36.7 Å². The lowest BCUT2D eigenvalue weighted by Gasteiger charge is -2.44. The molecular formula is C98H103N9O6. The average Bonchev–Trinajstić information content (AvgIpc) is 1.38. The number of rotatable bonds is 21. The Balaban J connectivity index is 0.000000148. The highest BCUT2D eigenvalue weighted by Crippen LogP contribution is 2.47. The van der Waals surface area contributed by atoms with Crippen LogP contribution >= 0.6 is 0 Å². The number of hydrogen-bond acceptors (Lipinski definition) is 9. The fourth-order valence-electron chi connectivity index (χ4n) is 16.4. The minimum Gasteiger partial charge on any atom is -0.478 e. The van der Waals surface area contributed by atoms with Crippen LogP contribution in [0.1, 0.15) is 177 Å². The Hall–Kier alpha value is -12.4. The number of aliphatic carboxylic acids is 3. The molecule has 0 spiro atoms. The molecule has 6 heterocycles. The second kappa shape index (κ2) is 35.3. The molecule has 15 nitrogen and oxygen atoms in total. The van der Waals surface area contributed by atoms with Crippen molar-refractivity contribution in [3.63, 3.8) is 0 Å². The Morgan fingerprint density at radius 3 is 1.03 bits per heavy atom. The van der Waals surface area contributed by atoms with Crippen molar-refractivity contribution >= 4 is 53.2 Å². The van der Waals surface area contributed by atoms with E-state index < -0.39 is 17.9 Å². The maximum Gasteiger partial charge on any atom is 0.328 e. The Morgan fingerprint density at radius 1 is 0.407 bits per heavy atom. The van der Waals surface area contributed by atoms with Crippen LogP contribution in [0.5, 0.6) is 0 Å². The minimum atomic E-state index is -0.945. The molecule has 0 bridgehead atoms. The standard InChI is InChI=1S/C34H37N3O2.2C32H33N3O2/c1-5-36-22-30(21-35-36)28-13-16-32-29(20-28)19-24(4)37(31-14-8-26(9-15-31)18-23(2)3)34(32)27-11-6-25(7-12-27)10-17-33(38)39;1-21(2)24-10-13-29(14-11-24)35-22(3)17-27-18-26(28-19-33-34(4)20-28)12-15-30(27)32(35)25-8-5-23(6-9-25)7-16-31(36)37;1-4-23-8-14-29(15-9-23)35-22(3)18-27-19-26(28-20-33-34(5-2)21-28)13-16-30(27)32(35)25-11-6-24(7-12-25)10-17-31(36)37/h6-17,20-24,34H,5,18-19H2,1-4H3,(H,38,39);5-16,18-22,32H,17H2,1-4H3,(H,36,37);6-17,19-22,32H,4-5,18H2,1-3H3,(H,36,37)/b17-10+;16-7+;17-10+. The first-order valence-electron chi connectivity index (χ1n) is 39.7. The van der Waals surface area contributed by atoms with Crippen molar-refractivity contribution in [3.8, 4) is 33.4 Å². The van der Waals surface area contributed by atoms with Gasteiger partial charge in [-0.1, -0.05) is 198 Å². The third-order valence-corrected chi connectivity index (χ3v) is 22.1. The van der Waals surface area contributed by atoms with Gasteiger partial charge in [0.15, 0.2) is 0 Å². The van der Waals surface area contributed by atoms with Gasteiger partial charge in [-0.3, -0.25) is 14.0 Å². The van der Waals surface area contributed by atoms with Crippen molar-refractivity contribution in [2.45, 2.75) is 157 Å². The molecule has 6 unspecified atom stereocenters. The van der Waals surface area contributed by atoms with Crippen LogP contribution in [-0.2, 0) is 66.6 Å². The van der Waals surface area contributed by atoms with E-state index in [1.807, 2.05) is 76.1 Å². The number of benzene rings is 9. The largest absolute Gasteiger partial charge is 0.478 e. The van der Waals surface area contributed by atoms with Gasteiger partial charge in [0.25, 0.3) is 0 Å². The van der Waals surface area contributed by atoms with Crippen molar-refractivity contribution in [1.29, 1.82) is 0 Å². The highest BCUT2D eigenvalue weighted by atomic mass is 16.4. The molecule has 0 fully saturated rings. The molecule has 15 rings (SSSR count). The van der Waals surface area contributed by atoms with Gasteiger partial charge in [0.1, 0.15) is 0 Å². The molecule has 12 aromatic rings. The fourth-order valence-corrected chi connectivity index (χ4v) is 16.4. The third kappa shape index (κ3) is 18.5. The number of carbonyl (C=O) groups is 3. The summed E-state index contributed by atoms with van der Waals surface area (Å²) in [6.45, 7) is 23.9. The first-order chi connectivity index (χ1) is 54.6. The molecule has 3 N–H and O–H groups in total. The van der Waals surface area contributed by atoms with Gasteiger partial charge < -0.3 is 30.0 Å². The Morgan fingerprint density at radius 2 is 0.735 bits per heavy atom. The highest BCUT2D eigenvalue weighted by Gasteiger charge is 2.37. The molecule has 0 saturated heterocycles. The van der Waals surface area contributed by atoms with E-state index in [-0.39, 0.29) is 24.2 Å². The summed E-state index contributed by atoms with van der Waals surface area (Å²) in [5, 5.41) is 40.3. The molecule has 3 aromatic heterocycles. The third-order valence-electron chi connectivity index (χ3n) is 22.1. The van der Waals surface area contributed by atoms with Crippen molar-refractivity contribution in [2.75, 3.05) is 14.7 Å². The summed E-state index contributed by atoms with van der Waals surface area (Å²) in [6.07, 6.45) is 25.5. The first-order valence-corrected chi connectivity index (χ1v) is 39.7. The minimum absolute atomic E-state index is 0.0455. The number of carboxylic acid groups (broad SMARTS) is 3. The molecule has 0 amide bonds. The van der Waals surface area contributed by atoms with E-state index in [1.54, 1.807) is 18.2 Å².